The molecule has 8 nitrogen and oxygen atoms in total. The van der Waals surface area contributed by atoms with Crippen molar-refractivity contribution >= 4 is 27.3 Å². The summed E-state index contributed by atoms with van der Waals surface area (Å²) in [6.07, 6.45) is -2.11. The molecule has 3 aromatic rings. The fraction of sp³-hybridized carbons (Fsp3) is 0.318. The minimum Gasteiger partial charge on any atom is -0.496 e. The van der Waals surface area contributed by atoms with Gasteiger partial charge in [0.1, 0.15) is 18.1 Å². The Bertz CT molecular complexity index is 1360. The molecule has 1 atom stereocenters. The second kappa shape index (κ2) is 9.25. The lowest BCUT2D eigenvalue weighted by Gasteiger charge is -2.32. The highest BCUT2D eigenvalue weighted by Crippen LogP contribution is 2.41. The molecule has 1 aliphatic heterocycles. The Balaban J connectivity index is 1.70. The van der Waals surface area contributed by atoms with Gasteiger partial charge in [0.2, 0.25) is 0 Å². The maximum Gasteiger partial charge on any atom is 0.417 e. The van der Waals surface area contributed by atoms with Gasteiger partial charge in [-0.2, -0.15) is 21.6 Å². The molecular weight excluding hydrogens is 509 g/mol. The first-order valence-electron chi connectivity index (χ1n) is 10.3. The topological polar surface area (TPSA) is 85.7 Å². The number of fused-ring (bicyclic) bond motifs is 1. The molecule has 3 heterocycles. The van der Waals surface area contributed by atoms with Crippen molar-refractivity contribution in [2.75, 3.05) is 32.5 Å². The summed E-state index contributed by atoms with van der Waals surface area (Å²) in [5, 5.41) is -0.620. The molecule has 0 radical (unpaired) electrons. The number of hydrogen-bond donors (Lipinski definition) is 1. The summed E-state index contributed by atoms with van der Waals surface area (Å²) in [5.41, 5.74) is -0.114. The third-order valence-electron chi connectivity index (χ3n) is 5.64. The Hall–Kier alpha value is -2.96. The van der Waals surface area contributed by atoms with Gasteiger partial charge in [0, 0.05) is 24.0 Å². The number of halogens is 4. The van der Waals surface area contributed by atoms with Crippen LogP contribution in [0, 0.1) is 0 Å². The van der Waals surface area contributed by atoms with Crippen LogP contribution in [0.4, 0.5) is 18.9 Å². The molecule has 0 unspecified atom stereocenters. The molecule has 1 aromatic carbocycles. The van der Waals surface area contributed by atoms with Gasteiger partial charge in [-0.3, -0.25) is 9.29 Å². The van der Waals surface area contributed by atoms with Crippen molar-refractivity contribution in [3.05, 3.63) is 58.9 Å². The predicted molar refractivity (Wildman–Crippen MR) is 124 cm³/mol. The fourth-order valence-corrected chi connectivity index (χ4v) is 5.24. The van der Waals surface area contributed by atoms with Gasteiger partial charge >= 0.3 is 6.18 Å². The molecule has 188 valence electrons. The molecule has 0 saturated carbocycles. The first kappa shape index (κ1) is 25.1. The quantitative estimate of drug-likeness (QED) is 0.514. The third kappa shape index (κ3) is 4.91. The Morgan fingerprint density at radius 3 is 2.66 bits per heavy atom. The van der Waals surface area contributed by atoms with E-state index in [4.69, 9.17) is 21.1 Å². The lowest BCUT2D eigenvalue weighted by Crippen LogP contribution is -2.38. The van der Waals surface area contributed by atoms with Crippen LogP contribution in [0.3, 0.4) is 0 Å². The van der Waals surface area contributed by atoms with Crippen LogP contribution in [0.2, 0.25) is 5.02 Å². The molecule has 0 fully saturated rings. The largest absolute Gasteiger partial charge is 0.496 e. The summed E-state index contributed by atoms with van der Waals surface area (Å²) in [4.78, 5) is 5.77. The number of nitrogens with one attached hydrogen (secondary N) is 1. The smallest absolute Gasteiger partial charge is 0.417 e. The molecule has 13 heteroatoms. The SMILES string of the molecule is COc1ccc(NS(=O)(=O)c2cccn2-c2ncc(C(F)(F)F)cc2Cl)c2c1C[C@@H](N(C)C)CO2. The zero-order chi connectivity index (χ0) is 25.5. The Labute approximate surface area is 205 Å². The minimum atomic E-state index is -4.64. The zero-order valence-electron chi connectivity index (χ0n) is 18.9. The van der Waals surface area contributed by atoms with Crippen molar-refractivity contribution in [3.8, 4) is 17.3 Å². The number of ether oxygens (including phenoxy) is 2. The molecule has 0 spiro atoms. The molecule has 4 rings (SSSR count). The lowest BCUT2D eigenvalue weighted by atomic mass is 10.00. The van der Waals surface area contributed by atoms with Gasteiger partial charge in [0.05, 0.1) is 23.4 Å². The molecule has 0 bridgehead atoms. The number of likely N-dealkylation sites (N-methyl/N-ethyl adjacent to an activating group) is 1. The average molecular weight is 531 g/mol. The van der Waals surface area contributed by atoms with E-state index in [1.807, 2.05) is 19.0 Å². The number of sulfonamides is 1. The number of methoxy groups -OCH3 is 1. The van der Waals surface area contributed by atoms with E-state index in [1.165, 1.54) is 31.5 Å². The minimum absolute atomic E-state index is 0.0772. The number of benzene rings is 1. The third-order valence-corrected chi connectivity index (χ3v) is 7.29. The first-order valence-corrected chi connectivity index (χ1v) is 12.2. The van der Waals surface area contributed by atoms with Gasteiger partial charge in [-0.25, -0.2) is 4.98 Å². The van der Waals surface area contributed by atoms with E-state index in [0.29, 0.717) is 36.8 Å². The highest BCUT2D eigenvalue weighted by Gasteiger charge is 2.33. The van der Waals surface area contributed by atoms with Crippen LogP contribution < -0.4 is 14.2 Å². The summed E-state index contributed by atoms with van der Waals surface area (Å²) in [5.74, 6) is 0.764. The molecule has 0 amide bonds. The molecule has 0 aliphatic carbocycles. The second-order valence-electron chi connectivity index (χ2n) is 8.10. The van der Waals surface area contributed by atoms with E-state index in [9.17, 15) is 21.6 Å². The van der Waals surface area contributed by atoms with Crippen LogP contribution in [0.1, 0.15) is 11.1 Å². The Kier molecular flexibility index (Phi) is 6.64. The van der Waals surface area contributed by atoms with Crippen molar-refractivity contribution in [2.24, 2.45) is 0 Å². The highest BCUT2D eigenvalue weighted by molar-refractivity contribution is 7.92. The molecular formula is C22H22ClF3N4O4S. The molecule has 2 aromatic heterocycles. The lowest BCUT2D eigenvalue weighted by molar-refractivity contribution is -0.137. The summed E-state index contributed by atoms with van der Waals surface area (Å²) in [7, 11) is 1.14. The van der Waals surface area contributed by atoms with E-state index in [2.05, 4.69) is 9.71 Å². The van der Waals surface area contributed by atoms with Crippen LogP contribution >= 0.6 is 11.6 Å². The van der Waals surface area contributed by atoms with Crippen LogP contribution in [0.25, 0.3) is 5.82 Å². The van der Waals surface area contributed by atoms with E-state index in [1.54, 1.807) is 6.07 Å². The fourth-order valence-electron chi connectivity index (χ4n) is 3.76. The number of aromatic nitrogens is 2. The van der Waals surface area contributed by atoms with Gasteiger partial charge in [-0.05, 0) is 50.8 Å². The van der Waals surface area contributed by atoms with Crippen LogP contribution in [-0.2, 0) is 22.6 Å². The van der Waals surface area contributed by atoms with Crippen molar-refractivity contribution in [1.82, 2.24) is 14.5 Å². The molecule has 1 aliphatic rings. The first-order chi connectivity index (χ1) is 16.4. The summed E-state index contributed by atoms with van der Waals surface area (Å²) in [6, 6.07) is 6.66. The normalized spacial score (nSPS) is 16.1. The number of alkyl halides is 3. The van der Waals surface area contributed by atoms with E-state index in [-0.39, 0.29) is 27.6 Å². The second-order valence-corrected chi connectivity index (χ2v) is 10.1. The van der Waals surface area contributed by atoms with Crippen molar-refractivity contribution in [3.63, 3.8) is 0 Å². The molecule has 35 heavy (non-hydrogen) atoms. The summed E-state index contributed by atoms with van der Waals surface area (Å²) >= 11 is 6.04. The highest BCUT2D eigenvalue weighted by atomic mass is 35.5. The van der Waals surface area contributed by atoms with Crippen LogP contribution in [0.5, 0.6) is 11.5 Å². The Morgan fingerprint density at radius 2 is 2.03 bits per heavy atom. The van der Waals surface area contributed by atoms with Crippen molar-refractivity contribution in [1.29, 1.82) is 0 Å². The van der Waals surface area contributed by atoms with Crippen molar-refractivity contribution in [2.45, 2.75) is 23.7 Å². The van der Waals surface area contributed by atoms with E-state index >= 15 is 0 Å². The van der Waals surface area contributed by atoms with E-state index < -0.39 is 21.8 Å². The molecule has 0 saturated heterocycles. The number of pyridine rings is 1. The number of nitrogens with zero attached hydrogens (tertiary/aromatic N) is 3. The maximum absolute atomic E-state index is 13.3. The van der Waals surface area contributed by atoms with Gasteiger partial charge in [0.15, 0.2) is 10.8 Å². The van der Waals surface area contributed by atoms with Crippen LogP contribution in [-0.4, -0.2) is 56.7 Å². The number of rotatable bonds is 6. The molecule has 1 N–H and O–H groups in total. The summed E-state index contributed by atoms with van der Waals surface area (Å²) < 4.78 is 80.6. The van der Waals surface area contributed by atoms with Gasteiger partial charge in [-0.15, -0.1) is 0 Å². The zero-order valence-corrected chi connectivity index (χ0v) is 20.5. The summed E-state index contributed by atoms with van der Waals surface area (Å²) in [6.45, 7) is 0.351. The number of hydrogen-bond acceptors (Lipinski definition) is 6. The maximum atomic E-state index is 13.3. The predicted octanol–water partition coefficient (Wildman–Crippen LogP) is 4.22. The van der Waals surface area contributed by atoms with Crippen molar-refractivity contribution < 1.29 is 31.1 Å². The van der Waals surface area contributed by atoms with E-state index in [0.717, 1.165) is 10.1 Å². The monoisotopic (exact) mass is 530 g/mol. The van der Waals surface area contributed by atoms with Gasteiger partial charge in [-0.1, -0.05) is 11.6 Å². The van der Waals surface area contributed by atoms with Gasteiger partial charge < -0.3 is 14.4 Å². The Morgan fingerprint density at radius 1 is 1.29 bits per heavy atom. The number of anilines is 1. The standard InChI is InChI=1S/C22H22ClF3N4O4S/c1-29(2)14-10-15-18(33-3)7-6-17(20(15)34-12-14)28-35(31,32)19-5-4-8-30(19)21-16(23)9-13(11-27-21)22(24,25)26/h4-9,11,14,28H,10,12H2,1-3H3/t14-/m1/s1. The average Bonchev–Trinajstić information content (AvgIpc) is 3.29. The van der Waals surface area contributed by atoms with Crippen LogP contribution in [0.15, 0.2) is 47.8 Å². The van der Waals surface area contributed by atoms with Gasteiger partial charge in [0.25, 0.3) is 10.0 Å².